The summed E-state index contributed by atoms with van der Waals surface area (Å²) >= 11 is 0. The van der Waals surface area contributed by atoms with E-state index in [0.29, 0.717) is 5.82 Å². The molecule has 1 aromatic carbocycles. The van der Waals surface area contributed by atoms with Gasteiger partial charge in [-0.1, -0.05) is 12.1 Å². The molecule has 1 fully saturated rings. The van der Waals surface area contributed by atoms with Crippen LogP contribution in [0.3, 0.4) is 0 Å². The lowest BCUT2D eigenvalue weighted by atomic mass is 9.79. The van der Waals surface area contributed by atoms with Crippen LogP contribution >= 0.6 is 0 Å². The van der Waals surface area contributed by atoms with Crippen LogP contribution in [0.15, 0.2) is 42.7 Å². The van der Waals surface area contributed by atoms with Crippen molar-refractivity contribution in [2.24, 2.45) is 0 Å². The molecule has 0 bridgehead atoms. The van der Waals surface area contributed by atoms with E-state index in [1.165, 1.54) is 0 Å². The molecular weight excluding hydrogens is 301 g/mol. The number of hydrogen-bond donors (Lipinski definition) is 1. The van der Waals surface area contributed by atoms with Crippen LogP contribution in [0.2, 0.25) is 0 Å². The molecule has 3 heterocycles. The maximum atomic E-state index is 6.13. The van der Waals surface area contributed by atoms with Gasteiger partial charge in [-0.25, -0.2) is 9.97 Å². The lowest BCUT2D eigenvalue weighted by Crippen LogP contribution is -2.41. The van der Waals surface area contributed by atoms with Gasteiger partial charge >= 0.3 is 7.12 Å². The maximum Gasteiger partial charge on any atom is 0.494 e. The topological polar surface area (TPSA) is 60.0 Å². The fraction of sp³-hybridized carbons (Fsp3) is 0.333. The molecule has 6 heteroatoms. The zero-order valence-corrected chi connectivity index (χ0v) is 14.3. The fourth-order valence-electron chi connectivity index (χ4n) is 2.84. The fourth-order valence-corrected chi connectivity index (χ4v) is 2.84. The van der Waals surface area contributed by atoms with Crippen molar-refractivity contribution >= 4 is 23.5 Å². The normalized spacial score (nSPS) is 19.1. The van der Waals surface area contributed by atoms with Crippen LogP contribution in [0.25, 0.3) is 22.4 Å². The predicted molar refractivity (Wildman–Crippen MR) is 95.0 cm³/mol. The van der Waals surface area contributed by atoms with Gasteiger partial charge in [-0.3, -0.25) is 0 Å². The van der Waals surface area contributed by atoms with Crippen LogP contribution in [-0.2, 0) is 9.31 Å². The first-order valence-electron chi connectivity index (χ1n) is 8.11. The van der Waals surface area contributed by atoms with Gasteiger partial charge in [-0.2, -0.15) is 0 Å². The van der Waals surface area contributed by atoms with Crippen LogP contribution in [-0.4, -0.2) is 33.3 Å². The number of nitrogens with one attached hydrogen (secondary N) is 1. The van der Waals surface area contributed by atoms with Gasteiger partial charge in [0.15, 0.2) is 5.82 Å². The second-order valence-corrected chi connectivity index (χ2v) is 7.19. The minimum Gasteiger partial charge on any atom is -0.399 e. The summed E-state index contributed by atoms with van der Waals surface area (Å²) in [6.45, 7) is 8.25. The van der Waals surface area contributed by atoms with E-state index in [1.54, 1.807) is 12.4 Å². The number of benzene rings is 1. The number of H-pyrrole nitrogens is 1. The first-order chi connectivity index (χ1) is 11.4. The Morgan fingerprint density at radius 3 is 2.29 bits per heavy atom. The third-order valence-electron chi connectivity index (χ3n) is 4.98. The molecule has 24 heavy (non-hydrogen) atoms. The lowest BCUT2D eigenvalue weighted by Gasteiger charge is -2.32. The molecule has 1 N–H and O–H groups in total. The molecule has 3 aromatic rings. The van der Waals surface area contributed by atoms with Crippen LogP contribution in [0.5, 0.6) is 0 Å². The molecule has 1 saturated heterocycles. The Morgan fingerprint density at radius 2 is 1.62 bits per heavy atom. The van der Waals surface area contributed by atoms with E-state index < -0.39 is 0 Å². The molecule has 0 radical (unpaired) electrons. The van der Waals surface area contributed by atoms with Gasteiger partial charge in [0, 0.05) is 17.9 Å². The third kappa shape index (κ3) is 2.42. The second-order valence-electron chi connectivity index (χ2n) is 7.19. The van der Waals surface area contributed by atoms with Crippen LogP contribution in [0.4, 0.5) is 0 Å². The van der Waals surface area contributed by atoms with Crippen molar-refractivity contribution in [2.75, 3.05) is 0 Å². The van der Waals surface area contributed by atoms with Crippen molar-refractivity contribution < 1.29 is 9.31 Å². The number of aromatic amines is 1. The van der Waals surface area contributed by atoms with E-state index in [4.69, 9.17) is 9.31 Å². The maximum absolute atomic E-state index is 6.13. The van der Waals surface area contributed by atoms with Gasteiger partial charge in [0.25, 0.3) is 0 Å². The molecule has 2 aromatic heterocycles. The lowest BCUT2D eigenvalue weighted by molar-refractivity contribution is 0.00578. The summed E-state index contributed by atoms with van der Waals surface area (Å²) in [5.41, 5.74) is 2.27. The SMILES string of the molecule is CC1(C)OB(c2ccc3[nH]c(-c4ncccn4)cc3c2)OC1(C)C. The molecule has 1 aliphatic heterocycles. The van der Waals surface area contributed by atoms with Gasteiger partial charge in [0.1, 0.15) is 0 Å². The Kier molecular flexibility index (Phi) is 3.30. The largest absolute Gasteiger partial charge is 0.494 e. The molecule has 0 atom stereocenters. The Bertz CT molecular complexity index is 874. The van der Waals surface area contributed by atoms with Crippen molar-refractivity contribution in [1.29, 1.82) is 0 Å². The van der Waals surface area contributed by atoms with Crippen LogP contribution < -0.4 is 5.46 Å². The summed E-state index contributed by atoms with van der Waals surface area (Å²) < 4.78 is 12.3. The highest BCUT2D eigenvalue weighted by atomic mass is 16.7. The zero-order valence-electron chi connectivity index (χ0n) is 14.3. The first-order valence-corrected chi connectivity index (χ1v) is 8.11. The summed E-state index contributed by atoms with van der Waals surface area (Å²) in [5.74, 6) is 0.686. The minimum absolute atomic E-state index is 0.339. The molecule has 122 valence electrons. The second kappa shape index (κ2) is 5.16. The van der Waals surface area contributed by atoms with E-state index in [0.717, 1.165) is 22.1 Å². The van der Waals surface area contributed by atoms with Crippen molar-refractivity contribution in [3.63, 3.8) is 0 Å². The number of hydrogen-bond acceptors (Lipinski definition) is 4. The Hall–Kier alpha value is -2.18. The number of nitrogens with zero attached hydrogens (tertiary/aromatic N) is 2. The Balaban J connectivity index is 1.70. The highest BCUT2D eigenvalue weighted by Crippen LogP contribution is 2.36. The predicted octanol–water partition coefficient (Wildman–Crippen LogP) is 2.92. The van der Waals surface area contributed by atoms with Crippen molar-refractivity contribution in [3.05, 3.63) is 42.7 Å². The van der Waals surface area contributed by atoms with Gasteiger partial charge in [-0.05, 0) is 56.7 Å². The average Bonchev–Trinajstić information content (AvgIpc) is 3.06. The molecule has 0 amide bonds. The summed E-state index contributed by atoms with van der Waals surface area (Å²) in [5, 5.41) is 1.09. The van der Waals surface area contributed by atoms with Crippen molar-refractivity contribution in [3.8, 4) is 11.5 Å². The van der Waals surface area contributed by atoms with Crippen molar-refractivity contribution in [1.82, 2.24) is 15.0 Å². The van der Waals surface area contributed by atoms with Gasteiger partial charge in [0.2, 0.25) is 0 Å². The molecule has 1 aliphatic rings. The molecular formula is C18H20BN3O2. The standard InChI is InChI=1S/C18H20BN3O2/c1-17(2)18(3,4)24-19(23-17)13-6-7-14-12(10-13)11-15(22-14)16-20-8-5-9-21-16/h5-11,22H,1-4H3. The first kappa shape index (κ1) is 15.4. The van der Waals surface area contributed by atoms with Crippen LogP contribution in [0, 0.1) is 0 Å². The molecule has 4 rings (SSSR count). The smallest absolute Gasteiger partial charge is 0.399 e. The van der Waals surface area contributed by atoms with E-state index in [1.807, 2.05) is 18.2 Å². The summed E-state index contributed by atoms with van der Waals surface area (Å²) in [6, 6.07) is 10.0. The minimum atomic E-state index is -0.356. The molecule has 0 spiro atoms. The van der Waals surface area contributed by atoms with Crippen molar-refractivity contribution in [2.45, 2.75) is 38.9 Å². The molecule has 0 saturated carbocycles. The summed E-state index contributed by atoms with van der Waals surface area (Å²) in [4.78, 5) is 11.9. The summed E-state index contributed by atoms with van der Waals surface area (Å²) in [7, 11) is -0.356. The van der Waals surface area contributed by atoms with Gasteiger partial charge in [0.05, 0.1) is 16.9 Å². The summed E-state index contributed by atoms with van der Waals surface area (Å²) in [6.07, 6.45) is 3.48. The number of fused-ring (bicyclic) bond motifs is 1. The highest BCUT2D eigenvalue weighted by Gasteiger charge is 2.51. The van der Waals surface area contributed by atoms with Crippen LogP contribution in [0.1, 0.15) is 27.7 Å². The van der Waals surface area contributed by atoms with E-state index in [2.05, 4.69) is 54.8 Å². The van der Waals surface area contributed by atoms with E-state index in [-0.39, 0.29) is 18.3 Å². The average molecular weight is 321 g/mol. The number of aromatic nitrogens is 3. The zero-order chi connectivity index (χ0) is 16.9. The highest BCUT2D eigenvalue weighted by molar-refractivity contribution is 6.62. The molecule has 5 nitrogen and oxygen atoms in total. The number of rotatable bonds is 2. The monoisotopic (exact) mass is 321 g/mol. The van der Waals surface area contributed by atoms with Gasteiger partial charge < -0.3 is 14.3 Å². The quantitative estimate of drug-likeness (QED) is 0.737. The van der Waals surface area contributed by atoms with E-state index in [9.17, 15) is 0 Å². The Labute approximate surface area is 141 Å². The molecule has 0 unspecified atom stereocenters. The van der Waals surface area contributed by atoms with Gasteiger partial charge in [-0.15, -0.1) is 0 Å². The third-order valence-corrected chi connectivity index (χ3v) is 4.98. The Morgan fingerprint density at radius 1 is 0.958 bits per heavy atom. The van der Waals surface area contributed by atoms with E-state index >= 15 is 0 Å². The molecule has 0 aliphatic carbocycles.